The topological polar surface area (TPSA) is 66.5 Å². The van der Waals surface area contributed by atoms with Crippen molar-refractivity contribution in [2.24, 2.45) is 7.05 Å². The van der Waals surface area contributed by atoms with Crippen LogP contribution in [0.4, 0.5) is 13.2 Å². The van der Waals surface area contributed by atoms with Gasteiger partial charge in [0.25, 0.3) is 5.56 Å². The molecule has 8 heteroatoms. The number of hydrogen-bond donors (Lipinski definition) is 2. The molecule has 0 fully saturated rings. The summed E-state index contributed by atoms with van der Waals surface area (Å²) in [4.78, 5) is 18.0. The summed E-state index contributed by atoms with van der Waals surface area (Å²) in [5.41, 5.74) is 3.22. The number of aromatic amines is 2. The number of rotatable bonds is 4. The first-order valence-corrected chi connectivity index (χ1v) is 8.68. The van der Waals surface area contributed by atoms with E-state index in [9.17, 15) is 18.0 Å². The Bertz CT molecular complexity index is 1020. The number of aryl methyl sites for hydroxylation is 2. The van der Waals surface area contributed by atoms with E-state index in [2.05, 4.69) is 15.1 Å². The number of aromatic nitrogens is 4. The lowest BCUT2D eigenvalue weighted by molar-refractivity contribution is 0.0994. The Morgan fingerprint density at radius 2 is 1.96 bits per heavy atom. The smallest absolute Gasteiger partial charge is 0.253 e. The number of H-pyrrole nitrogens is 2. The lowest BCUT2D eigenvalue weighted by Gasteiger charge is -2.16. The molecule has 26 heavy (non-hydrogen) atoms. The molecule has 4 rings (SSSR count). The van der Waals surface area contributed by atoms with Gasteiger partial charge in [-0.05, 0) is 37.3 Å². The SMILES string of the molecule is Cn1nc(-c2cc[nH]c2C(F)CC(F)F)c2c3c(c(=O)[nH]c21)CCCC3. The molecule has 0 radical (unpaired) electrons. The van der Waals surface area contributed by atoms with Gasteiger partial charge in [0, 0.05) is 36.2 Å². The zero-order valence-corrected chi connectivity index (χ0v) is 14.3. The van der Waals surface area contributed by atoms with E-state index in [1.54, 1.807) is 17.8 Å². The number of nitrogens with one attached hydrogen (secondary N) is 2. The quantitative estimate of drug-likeness (QED) is 0.739. The summed E-state index contributed by atoms with van der Waals surface area (Å²) in [5.74, 6) is 0. The molecule has 5 nitrogen and oxygen atoms in total. The number of halogens is 3. The Labute approximate surface area is 147 Å². The van der Waals surface area contributed by atoms with E-state index in [-0.39, 0.29) is 11.3 Å². The lowest BCUT2D eigenvalue weighted by atomic mass is 9.89. The van der Waals surface area contributed by atoms with Crippen molar-refractivity contribution in [3.8, 4) is 11.3 Å². The van der Waals surface area contributed by atoms with Gasteiger partial charge in [0.2, 0.25) is 6.43 Å². The summed E-state index contributed by atoms with van der Waals surface area (Å²) in [6.45, 7) is 0. The predicted molar refractivity (Wildman–Crippen MR) is 92.2 cm³/mol. The summed E-state index contributed by atoms with van der Waals surface area (Å²) in [7, 11) is 1.70. The van der Waals surface area contributed by atoms with Crippen molar-refractivity contribution < 1.29 is 13.2 Å². The van der Waals surface area contributed by atoms with Crippen LogP contribution in [0.3, 0.4) is 0 Å². The standard InChI is InChI=1S/C18H19F3N4O/c1-25-17-14(9-4-2-3-5-10(9)18(26)23-17)16(24-25)11-6-7-22-15(11)12(19)8-13(20)21/h6-7,12-13,22H,2-5,8H2,1H3,(H,23,26). The number of fused-ring (bicyclic) bond motifs is 3. The van der Waals surface area contributed by atoms with Crippen LogP contribution in [0.25, 0.3) is 22.3 Å². The number of pyridine rings is 1. The number of alkyl halides is 3. The van der Waals surface area contributed by atoms with E-state index in [0.717, 1.165) is 35.8 Å². The van der Waals surface area contributed by atoms with E-state index in [0.29, 0.717) is 23.3 Å². The third-order valence-corrected chi connectivity index (χ3v) is 5.06. The van der Waals surface area contributed by atoms with Crippen molar-refractivity contribution in [1.29, 1.82) is 0 Å². The number of hydrogen-bond acceptors (Lipinski definition) is 2. The summed E-state index contributed by atoms with van der Waals surface area (Å²) >= 11 is 0. The van der Waals surface area contributed by atoms with Crippen LogP contribution in [0.2, 0.25) is 0 Å². The van der Waals surface area contributed by atoms with Crippen molar-refractivity contribution in [1.82, 2.24) is 19.7 Å². The van der Waals surface area contributed by atoms with Crippen LogP contribution in [0.15, 0.2) is 17.1 Å². The second kappa shape index (κ2) is 6.34. The third kappa shape index (κ3) is 2.64. The summed E-state index contributed by atoms with van der Waals surface area (Å²) in [5, 5.41) is 5.26. The Morgan fingerprint density at radius 3 is 2.69 bits per heavy atom. The average molecular weight is 364 g/mol. The lowest BCUT2D eigenvalue weighted by Crippen LogP contribution is -2.19. The summed E-state index contributed by atoms with van der Waals surface area (Å²) < 4.78 is 41.2. The normalized spacial score (nSPS) is 15.6. The molecule has 0 aromatic carbocycles. The largest absolute Gasteiger partial charge is 0.362 e. The average Bonchev–Trinajstić information content (AvgIpc) is 3.20. The van der Waals surface area contributed by atoms with Crippen LogP contribution >= 0.6 is 0 Å². The third-order valence-electron chi connectivity index (χ3n) is 5.06. The highest BCUT2D eigenvalue weighted by atomic mass is 19.3. The second-order valence-electron chi connectivity index (χ2n) is 6.71. The van der Waals surface area contributed by atoms with Crippen LogP contribution in [-0.2, 0) is 19.9 Å². The Balaban J connectivity index is 1.94. The zero-order valence-electron chi connectivity index (χ0n) is 14.3. The minimum atomic E-state index is -2.73. The van der Waals surface area contributed by atoms with E-state index >= 15 is 0 Å². The molecular weight excluding hydrogens is 345 g/mol. The molecule has 3 heterocycles. The summed E-state index contributed by atoms with van der Waals surface area (Å²) in [6.07, 6.45) is -0.503. The maximum absolute atomic E-state index is 14.4. The van der Waals surface area contributed by atoms with Gasteiger partial charge in [-0.2, -0.15) is 5.10 Å². The van der Waals surface area contributed by atoms with Crippen LogP contribution in [0, 0.1) is 0 Å². The molecule has 3 aromatic heterocycles. The van der Waals surface area contributed by atoms with E-state index in [1.165, 1.54) is 6.20 Å². The van der Waals surface area contributed by atoms with E-state index in [1.807, 2.05) is 0 Å². The first-order chi connectivity index (χ1) is 12.5. The highest BCUT2D eigenvalue weighted by Gasteiger charge is 2.27. The Kier molecular flexibility index (Phi) is 4.13. The minimum Gasteiger partial charge on any atom is -0.362 e. The maximum Gasteiger partial charge on any atom is 0.253 e. The molecule has 3 aromatic rings. The predicted octanol–water partition coefficient (Wildman–Crippen LogP) is 3.80. The first kappa shape index (κ1) is 16.9. The fourth-order valence-corrected chi connectivity index (χ4v) is 3.88. The van der Waals surface area contributed by atoms with Crippen LogP contribution < -0.4 is 5.56 Å². The first-order valence-electron chi connectivity index (χ1n) is 8.68. The molecule has 1 aliphatic rings. The fraction of sp³-hybridized carbons (Fsp3) is 0.444. The minimum absolute atomic E-state index is 0.0982. The van der Waals surface area contributed by atoms with Gasteiger partial charge in [0.15, 0.2) is 0 Å². The van der Waals surface area contributed by atoms with Gasteiger partial charge in [0.1, 0.15) is 17.5 Å². The van der Waals surface area contributed by atoms with Crippen LogP contribution in [-0.4, -0.2) is 26.2 Å². The van der Waals surface area contributed by atoms with Crippen molar-refractivity contribution in [2.75, 3.05) is 0 Å². The van der Waals surface area contributed by atoms with Crippen molar-refractivity contribution >= 4 is 11.0 Å². The molecule has 0 amide bonds. The molecule has 1 aliphatic carbocycles. The van der Waals surface area contributed by atoms with Gasteiger partial charge >= 0.3 is 0 Å². The van der Waals surface area contributed by atoms with Crippen LogP contribution in [0.1, 0.15) is 42.3 Å². The second-order valence-corrected chi connectivity index (χ2v) is 6.71. The molecule has 138 valence electrons. The van der Waals surface area contributed by atoms with Crippen molar-refractivity contribution in [3.63, 3.8) is 0 Å². The highest BCUT2D eigenvalue weighted by molar-refractivity contribution is 5.95. The fourth-order valence-electron chi connectivity index (χ4n) is 3.88. The van der Waals surface area contributed by atoms with Gasteiger partial charge in [-0.1, -0.05) is 0 Å². The molecule has 0 saturated carbocycles. The molecule has 0 bridgehead atoms. The van der Waals surface area contributed by atoms with Crippen LogP contribution in [0.5, 0.6) is 0 Å². The molecule has 1 unspecified atom stereocenters. The van der Waals surface area contributed by atoms with E-state index < -0.39 is 19.0 Å². The van der Waals surface area contributed by atoms with Gasteiger partial charge in [-0.25, -0.2) is 13.2 Å². The van der Waals surface area contributed by atoms with Crippen molar-refractivity contribution in [3.05, 3.63) is 39.4 Å². The number of nitrogens with zero attached hydrogens (tertiary/aromatic N) is 2. The van der Waals surface area contributed by atoms with E-state index in [4.69, 9.17) is 0 Å². The zero-order chi connectivity index (χ0) is 18.4. The van der Waals surface area contributed by atoms with Gasteiger partial charge < -0.3 is 9.97 Å². The Morgan fingerprint density at radius 1 is 1.23 bits per heavy atom. The molecule has 1 atom stereocenters. The van der Waals surface area contributed by atoms with Gasteiger partial charge in [0.05, 0.1) is 5.69 Å². The Hall–Kier alpha value is -2.51. The van der Waals surface area contributed by atoms with Gasteiger partial charge in [-0.15, -0.1) is 0 Å². The molecule has 2 N–H and O–H groups in total. The molecular formula is C18H19F3N4O. The molecule has 0 saturated heterocycles. The molecule has 0 spiro atoms. The van der Waals surface area contributed by atoms with Gasteiger partial charge in [-0.3, -0.25) is 9.48 Å². The molecule has 0 aliphatic heterocycles. The summed E-state index contributed by atoms with van der Waals surface area (Å²) in [6, 6.07) is 1.65. The van der Waals surface area contributed by atoms with Crippen molar-refractivity contribution in [2.45, 2.75) is 44.7 Å². The maximum atomic E-state index is 14.4. The highest BCUT2D eigenvalue weighted by Crippen LogP contribution is 2.37. The monoisotopic (exact) mass is 364 g/mol.